The van der Waals surface area contributed by atoms with Gasteiger partial charge in [0.25, 0.3) is 0 Å². The Morgan fingerprint density at radius 1 is 1.21 bits per heavy atom. The first-order valence-electron chi connectivity index (χ1n) is 8.98. The monoisotopic (exact) mass is 326 g/mol. The van der Waals surface area contributed by atoms with E-state index >= 15 is 0 Å². The zero-order valence-corrected chi connectivity index (χ0v) is 15.7. The maximum absolute atomic E-state index is 4.65. The molecule has 0 fully saturated rings. The molecular weight excluding hydrogens is 296 g/mol. The van der Waals surface area contributed by atoms with Crippen molar-refractivity contribution in [1.29, 1.82) is 0 Å². The van der Waals surface area contributed by atoms with Crippen LogP contribution in [0.5, 0.6) is 0 Å². The molecule has 0 aliphatic carbocycles. The summed E-state index contributed by atoms with van der Waals surface area (Å²) in [5.74, 6) is 0. The van der Waals surface area contributed by atoms with Crippen molar-refractivity contribution in [3.8, 4) is 0 Å². The van der Waals surface area contributed by atoms with Crippen LogP contribution in [0.15, 0.2) is 24.3 Å². The van der Waals surface area contributed by atoms with Crippen molar-refractivity contribution in [3.63, 3.8) is 0 Å². The van der Waals surface area contributed by atoms with Crippen LogP contribution in [0.3, 0.4) is 0 Å². The van der Waals surface area contributed by atoms with E-state index in [1.807, 2.05) is 0 Å². The lowest BCUT2D eigenvalue weighted by molar-refractivity contribution is 0.158. The van der Waals surface area contributed by atoms with Crippen molar-refractivity contribution < 1.29 is 0 Å². The highest BCUT2D eigenvalue weighted by Crippen LogP contribution is 2.23. The van der Waals surface area contributed by atoms with E-state index in [1.165, 1.54) is 28.1 Å². The van der Waals surface area contributed by atoms with Crippen molar-refractivity contribution in [2.24, 2.45) is 0 Å². The van der Waals surface area contributed by atoms with Gasteiger partial charge in [-0.15, -0.1) is 0 Å². The van der Waals surface area contributed by atoms with Crippen molar-refractivity contribution in [2.45, 2.75) is 52.9 Å². The van der Waals surface area contributed by atoms with E-state index in [-0.39, 0.29) is 0 Å². The van der Waals surface area contributed by atoms with Crippen molar-refractivity contribution >= 4 is 0 Å². The van der Waals surface area contributed by atoms with Crippen LogP contribution in [0.4, 0.5) is 0 Å². The topological polar surface area (TPSA) is 24.3 Å². The van der Waals surface area contributed by atoms with Gasteiger partial charge in [0.15, 0.2) is 0 Å². The van der Waals surface area contributed by atoms with Crippen LogP contribution in [-0.2, 0) is 26.1 Å². The molecule has 0 amide bonds. The molecular formula is C20H30N4. The number of benzene rings is 1. The molecule has 2 aromatic rings. The lowest BCUT2D eigenvalue weighted by Gasteiger charge is -2.36. The highest BCUT2D eigenvalue weighted by molar-refractivity contribution is 5.30. The number of fused-ring (bicyclic) bond motifs is 1. The van der Waals surface area contributed by atoms with Crippen LogP contribution in [0.1, 0.15) is 35.0 Å². The summed E-state index contributed by atoms with van der Waals surface area (Å²) >= 11 is 0. The Kier molecular flexibility index (Phi) is 5.07. The van der Waals surface area contributed by atoms with E-state index in [1.54, 1.807) is 0 Å². The van der Waals surface area contributed by atoms with E-state index in [0.717, 1.165) is 32.6 Å². The average Bonchev–Trinajstić information content (AvgIpc) is 2.83. The third-order valence-corrected chi connectivity index (χ3v) is 5.40. The van der Waals surface area contributed by atoms with Gasteiger partial charge in [0.2, 0.25) is 0 Å². The molecule has 2 heterocycles. The first-order valence-corrected chi connectivity index (χ1v) is 8.98. The summed E-state index contributed by atoms with van der Waals surface area (Å²) in [5, 5.41) is 4.65. The van der Waals surface area contributed by atoms with E-state index in [2.05, 4.69) is 78.7 Å². The molecule has 24 heavy (non-hydrogen) atoms. The predicted octanol–water partition coefficient (Wildman–Crippen LogP) is 3.01. The zero-order chi connectivity index (χ0) is 17.3. The predicted molar refractivity (Wildman–Crippen MR) is 99.1 cm³/mol. The molecule has 1 aromatic heterocycles. The van der Waals surface area contributed by atoms with Crippen molar-refractivity contribution in [2.75, 3.05) is 20.6 Å². The van der Waals surface area contributed by atoms with Crippen LogP contribution in [0.25, 0.3) is 0 Å². The Hall–Kier alpha value is -1.65. The molecule has 4 heteroatoms. The second-order valence-corrected chi connectivity index (χ2v) is 7.20. The molecule has 0 N–H and O–H groups in total. The van der Waals surface area contributed by atoms with Gasteiger partial charge in [-0.3, -0.25) is 9.58 Å². The van der Waals surface area contributed by atoms with Gasteiger partial charge in [0.1, 0.15) is 0 Å². The lowest BCUT2D eigenvalue weighted by atomic mass is 9.94. The van der Waals surface area contributed by atoms with Gasteiger partial charge in [0, 0.05) is 43.5 Å². The standard InChI is InChI=1S/C20H30N4/c1-6-24-16(3)20(15(2)21-24)14-22(4)13-19-11-17-9-7-8-10-18(17)12-23(19)5/h7-10,19H,6,11-14H2,1-5H3/t19-/m0/s1. The van der Waals surface area contributed by atoms with Gasteiger partial charge in [-0.1, -0.05) is 24.3 Å². The number of hydrogen-bond donors (Lipinski definition) is 0. The van der Waals surface area contributed by atoms with Crippen LogP contribution in [0, 0.1) is 13.8 Å². The number of aryl methyl sites for hydroxylation is 2. The Labute approximate surface area is 146 Å². The minimum absolute atomic E-state index is 0.576. The fourth-order valence-electron chi connectivity index (χ4n) is 3.89. The highest BCUT2D eigenvalue weighted by atomic mass is 15.3. The maximum Gasteiger partial charge on any atom is 0.0641 e. The number of hydrogen-bond acceptors (Lipinski definition) is 3. The Balaban J connectivity index is 1.67. The number of likely N-dealkylation sites (N-methyl/N-ethyl adjacent to an activating group) is 2. The summed E-state index contributed by atoms with van der Waals surface area (Å²) in [4.78, 5) is 4.94. The first-order chi connectivity index (χ1) is 11.5. The van der Waals surface area contributed by atoms with Gasteiger partial charge >= 0.3 is 0 Å². The van der Waals surface area contributed by atoms with Crippen LogP contribution in [0.2, 0.25) is 0 Å². The number of nitrogens with zero attached hydrogens (tertiary/aromatic N) is 4. The molecule has 0 unspecified atom stereocenters. The molecule has 0 saturated carbocycles. The number of aromatic nitrogens is 2. The molecule has 1 aromatic carbocycles. The summed E-state index contributed by atoms with van der Waals surface area (Å²) < 4.78 is 2.11. The summed E-state index contributed by atoms with van der Waals surface area (Å²) in [6, 6.07) is 9.44. The molecule has 130 valence electrons. The third-order valence-electron chi connectivity index (χ3n) is 5.40. The smallest absolute Gasteiger partial charge is 0.0641 e. The quantitative estimate of drug-likeness (QED) is 0.844. The summed E-state index contributed by atoms with van der Waals surface area (Å²) in [7, 11) is 4.48. The molecule has 1 aliphatic heterocycles. The number of rotatable bonds is 5. The summed E-state index contributed by atoms with van der Waals surface area (Å²) in [6.07, 6.45) is 1.14. The minimum atomic E-state index is 0.576. The molecule has 0 radical (unpaired) electrons. The normalized spacial score (nSPS) is 18.2. The molecule has 0 bridgehead atoms. The van der Waals surface area contributed by atoms with Gasteiger partial charge in [-0.25, -0.2) is 0 Å². The van der Waals surface area contributed by atoms with Gasteiger partial charge in [-0.2, -0.15) is 5.10 Å². The highest BCUT2D eigenvalue weighted by Gasteiger charge is 2.24. The molecule has 4 nitrogen and oxygen atoms in total. The third kappa shape index (κ3) is 3.40. The van der Waals surface area contributed by atoms with Gasteiger partial charge < -0.3 is 4.90 Å². The van der Waals surface area contributed by atoms with Crippen molar-refractivity contribution in [1.82, 2.24) is 19.6 Å². The molecule has 3 rings (SSSR count). The minimum Gasteiger partial charge on any atom is -0.300 e. The SMILES string of the molecule is CCn1nc(C)c(CN(C)C[C@@H]2Cc3ccccc3CN2C)c1C. The second-order valence-electron chi connectivity index (χ2n) is 7.20. The summed E-state index contributed by atoms with van der Waals surface area (Å²) in [6.45, 7) is 10.5. The second kappa shape index (κ2) is 7.08. The molecule has 1 atom stereocenters. The Morgan fingerprint density at radius 2 is 1.92 bits per heavy atom. The fraction of sp³-hybridized carbons (Fsp3) is 0.550. The fourth-order valence-corrected chi connectivity index (χ4v) is 3.89. The average molecular weight is 326 g/mol. The molecule has 1 aliphatic rings. The first kappa shape index (κ1) is 17.2. The van der Waals surface area contributed by atoms with Crippen LogP contribution < -0.4 is 0 Å². The van der Waals surface area contributed by atoms with Crippen molar-refractivity contribution in [3.05, 3.63) is 52.3 Å². The molecule has 0 saturated heterocycles. The van der Waals surface area contributed by atoms with Gasteiger partial charge in [0.05, 0.1) is 5.69 Å². The summed E-state index contributed by atoms with van der Waals surface area (Å²) in [5.41, 5.74) is 6.86. The Morgan fingerprint density at radius 3 is 2.58 bits per heavy atom. The van der Waals surface area contributed by atoms with Crippen LogP contribution >= 0.6 is 0 Å². The lowest BCUT2D eigenvalue weighted by Crippen LogP contribution is -2.44. The van der Waals surface area contributed by atoms with E-state index in [0.29, 0.717) is 6.04 Å². The zero-order valence-electron chi connectivity index (χ0n) is 15.7. The van der Waals surface area contributed by atoms with Crippen LogP contribution in [-0.4, -0.2) is 46.3 Å². The van der Waals surface area contributed by atoms with E-state index in [4.69, 9.17) is 0 Å². The molecule has 0 spiro atoms. The van der Waals surface area contributed by atoms with Gasteiger partial charge in [-0.05, 0) is 52.4 Å². The maximum atomic E-state index is 4.65. The van der Waals surface area contributed by atoms with E-state index < -0.39 is 0 Å². The Bertz CT molecular complexity index is 704. The van der Waals surface area contributed by atoms with E-state index in [9.17, 15) is 0 Å². The largest absolute Gasteiger partial charge is 0.300 e.